The van der Waals surface area contributed by atoms with Gasteiger partial charge in [-0.1, -0.05) is 18.2 Å². The Morgan fingerprint density at radius 2 is 1.73 bits per heavy atom. The zero-order valence-electron chi connectivity index (χ0n) is 17.6. The zero-order valence-corrected chi connectivity index (χ0v) is 19.2. The molecule has 0 aliphatic carbocycles. The Morgan fingerprint density at radius 3 is 2.36 bits per heavy atom. The number of nitro groups is 1. The molecule has 2 aromatic carbocycles. The highest BCUT2D eigenvalue weighted by atomic mass is 32.2. The van der Waals surface area contributed by atoms with Crippen molar-refractivity contribution in [3.05, 3.63) is 81.0 Å². The van der Waals surface area contributed by atoms with Crippen molar-refractivity contribution < 1.29 is 22.5 Å². The molecule has 4 rings (SSSR count). The Hall–Kier alpha value is -3.15. The van der Waals surface area contributed by atoms with Gasteiger partial charge >= 0.3 is 0 Å². The molecule has 1 aromatic heterocycles. The lowest BCUT2D eigenvalue weighted by Crippen LogP contribution is -2.50. The largest absolute Gasteiger partial charge is 0.335 e. The van der Waals surface area contributed by atoms with Crippen LogP contribution < -0.4 is 0 Å². The van der Waals surface area contributed by atoms with Crippen molar-refractivity contribution in [3.8, 4) is 10.4 Å². The number of carbonyl (C=O) groups excluding carboxylic acids is 1. The second-order valence-corrected chi connectivity index (χ2v) is 10.6. The molecule has 0 radical (unpaired) electrons. The van der Waals surface area contributed by atoms with Crippen LogP contribution >= 0.6 is 11.3 Å². The maximum atomic E-state index is 13.2. The maximum Gasteiger partial charge on any atom is 0.270 e. The van der Waals surface area contributed by atoms with E-state index in [2.05, 4.69) is 0 Å². The Kier molecular flexibility index (Phi) is 6.28. The molecular weight excluding hydrogens is 469 g/mol. The fourth-order valence-electron chi connectivity index (χ4n) is 3.67. The topological polar surface area (TPSA) is 101 Å². The van der Waals surface area contributed by atoms with E-state index in [9.17, 15) is 27.7 Å². The molecule has 0 N–H and O–H groups in total. The number of nitro benzene ring substituents is 1. The number of rotatable bonds is 5. The summed E-state index contributed by atoms with van der Waals surface area (Å²) < 4.78 is 40.3. The van der Waals surface area contributed by atoms with Crippen molar-refractivity contribution in [2.24, 2.45) is 0 Å². The number of aryl methyl sites for hydroxylation is 1. The maximum absolute atomic E-state index is 13.2. The highest BCUT2D eigenvalue weighted by Crippen LogP contribution is 2.33. The first-order valence-electron chi connectivity index (χ1n) is 10.1. The van der Waals surface area contributed by atoms with Gasteiger partial charge in [0.25, 0.3) is 11.6 Å². The lowest BCUT2D eigenvalue weighted by atomic mass is 10.1. The third-order valence-electron chi connectivity index (χ3n) is 5.43. The number of benzene rings is 2. The number of amides is 1. The van der Waals surface area contributed by atoms with Gasteiger partial charge in [0.1, 0.15) is 5.82 Å². The van der Waals surface area contributed by atoms with Gasteiger partial charge < -0.3 is 4.90 Å². The molecule has 1 saturated heterocycles. The minimum Gasteiger partial charge on any atom is -0.335 e. The number of hydrogen-bond donors (Lipinski definition) is 0. The predicted molar refractivity (Wildman–Crippen MR) is 122 cm³/mol. The summed E-state index contributed by atoms with van der Waals surface area (Å²) in [5.74, 6) is -0.522. The summed E-state index contributed by atoms with van der Waals surface area (Å²) in [5, 5.41) is 11.0. The molecule has 1 amide bonds. The number of sulfonamides is 1. The van der Waals surface area contributed by atoms with Crippen LogP contribution in [0.3, 0.4) is 0 Å². The number of hydrogen-bond acceptors (Lipinski definition) is 6. The average Bonchev–Trinajstić information content (AvgIpc) is 3.20. The fraction of sp³-hybridized carbons (Fsp3) is 0.227. The van der Waals surface area contributed by atoms with E-state index in [1.165, 1.54) is 46.0 Å². The molecule has 3 aromatic rings. The molecule has 1 aliphatic rings. The third kappa shape index (κ3) is 4.65. The van der Waals surface area contributed by atoms with Crippen LogP contribution in [-0.2, 0) is 10.0 Å². The van der Waals surface area contributed by atoms with Crippen molar-refractivity contribution in [3.63, 3.8) is 0 Å². The van der Waals surface area contributed by atoms with E-state index >= 15 is 0 Å². The molecule has 1 fully saturated rings. The zero-order chi connectivity index (χ0) is 23.8. The van der Waals surface area contributed by atoms with E-state index in [0.717, 1.165) is 22.1 Å². The molecule has 2 heterocycles. The smallest absolute Gasteiger partial charge is 0.270 e. The normalized spacial score (nSPS) is 14.9. The van der Waals surface area contributed by atoms with Crippen LogP contribution in [0.15, 0.2) is 59.5 Å². The van der Waals surface area contributed by atoms with Gasteiger partial charge in [-0.3, -0.25) is 14.9 Å². The Morgan fingerprint density at radius 1 is 1.06 bits per heavy atom. The van der Waals surface area contributed by atoms with Crippen molar-refractivity contribution >= 4 is 33.0 Å². The van der Waals surface area contributed by atoms with Gasteiger partial charge in [-0.15, -0.1) is 11.3 Å². The molecular formula is C22H20FN3O5S2. The van der Waals surface area contributed by atoms with Crippen LogP contribution in [-0.4, -0.2) is 54.6 Å². The predicted octanol–water partition coefficient (Wildman–Crippen LogP) is 3.92. The van der Waals surface area contributed by atoms with Gasteiger partial charge in [-0.05, 0) is 42.3 Å². The number of halogens is 1. The SMILES string of the molecule is Cc1cc(C(=O)N2CCN(S(=O)(=O)c3cccc([N+](=O)[O-])c3)CC2)sc1-c1ccc(F)cc1. The van der Waals surface area contributed by atoms with Crippen LogP contribution in [0.1, 0.15) is 15.2 Å². The van der Waals surface area contributed by atoms with E-state index in [-0.39, 0.29) is 48.5 Å². The quantitative estimate of drug-likeness (QED) is 0.399. The van der Waals surface area contributed by atoms with E-state index < -0.39 is 14.9 Å². The van der Waals surface area contributed by atoms with Gasteiger partial charge in [-0.2, -0.15) is 4.31 Å². The van der Waals surface area contributed by atoms with Crippen molar-refractivity contribution in [2.45, 2.75) is 11.8 Å². The number of nitrogens with zero attached hydrogens (tertiary/aromatic N) is 3. The molecule has 0 spiro atoms. The molecule has 1 aliphatic heterocycles. The van der Waals surface area contributed by atoms with Gasteiger partial charge in [0.2, 0.25) is 10.0 Å². The first kappa shape index (κ1) is 23.0. The van der Waals surface area contributed by atoms with Gasteiger partial charge in [0, 0.05) is 43.2 Å². The molecule has 33 heavy (non-hydrogen) atoms. The van der Waals surface area contributed by atoms with Crippen molar-refractivity contribution in [1.29, 1.82) is 0 Å². The van der Waals surface area contributed by atoms with Crippen LogP contribution in [0.25, 0.3) is 10.4 Å². The summed E-state index contributed by atoms with van der Waals surface area (Å²) in [7, 11) is -3.91. The van der Waals surface area contributed by atoms with E-state index in [4.69, 9.17) is 0 Å². The Bertz CT molecular complexity index is 1310. The van der Waals surface area contributed by atoms with Crippen LogP contribution in [0, 0.1) is 22.9 Å². The molecule has 11 heteroatoms. The summed E-state index contributed by atoms with van der Waals surface area (Å²) in [6.07, 6.45) is 0. The lowest BCUT2D eigenvalue weighted by Gasteiger charge is -2.33. The number of thiophene rings is 1. The minimum absolute atomic E-state index is 0.0892. The molecule has 172 valence electrons. The second-order valence-electron chi connectivity index (χ2n) is 7.58. The molecule has 0 saturated carbocycles. The van der Waals surface area contributed by atoms with E-state index in [1.807, 2.05) is 6.92 Å². The first-order chi connectivity index (χ1) is 15.7. The molecule has 0 bridgehead atoms. The highest BCUT2D eigenvalue weighted by molar-refractivity contribution is 7.89. The van der Waals surface area contributed by atoms with Crippen molar-refractivity contribution in [1.82, 2.24) is 9.21 Å². The van der Waals surface area contributed by atoms with Crippen LogP contribution in [0.5, 0.6) is 0 Å². The standard InChI is InChI=1S/C22H20FN3O5S2/c1-15-13-20(32-21(15)16-5-7-17(23)8-6-16)22(27)24-9-11-25(12-10-24)33(30,31)19-4-2-3-18(14-19)26(28)29/h2-8,13-14H,9-12H2,1H3. The van der Waals surface area contributed by atoms with E-state index in [1.54, 1.807) is 23.1 Å². The van der Waals surface area contributed by atoms with Gasteiger partial charge in [0.15, 0.2) is 0 Å². The lowest BCUT2D eigenvalue weighted by molar-refractivity contribution is -0.385. The van der Waals surface area contributed by atoms with Gasteiger partial charge in [-0.25, -0.2) is 12.8 Å². The monoisotopic (exact) mass is 489 g/mol. The third-order valence-corrected chi connectivity index (χ3v) is 8.60. The summed E-state index contributed by atoms with van der Waals surface area (Å²) in [5.41, 5.74) is 1.43. The fourth-order valence-corrected chi connectivity index (χ4v) is 6.28. The summed E-state index contributed by atoms with van der Waals surface area (Å²) in [6, 6.07) is 12.8. The molecule has 8 nitrogen and oxygen atoms in total. The number of carbonyl (C=O) groups is 1. The summed E-state index contributed by atoms with van der Waals surface area (Å²) >= 11 is 1.32. The molecule has 0 atom stereocenters. The average molecular weight is 490 g/mol. The Labute approximate surface area is 194 Å². The van der Waals surface area contributed by atoms with Crippen LogP contribution in [0.2, 0.25) is 0 Å². The van der Waals surface area contributed by atoms with E-state index in [0.29, 0.717) is 4.88 Å². The summed E-state index contributed by atoms with van der Waals surface area (Å²) in [4.78, 5) is 26.2. The van der Waals surface area contributed by atoms with Crippen LogP contribution in [0.4, 0.5) is 10.1 Å². The summed E-state index contributed by atoms with van der Waals surface area (Å²) in [6.45, 7) is 2.47. The minimum atomic E-state index is -3.91. The first-order valence-corrected chi connectivity index (χ1v) is 12.3. The Balaban J connectivity index is 1.46. The number of non-ortho nitro benzene ring substituents is 1. The second kappa shape index (κ2) is 9.00. The van der Waals surface area contributed by atoms with Crippen molar-refractivity contribution in [2.75, 3.05) is 26.2 Å². The highest BCUT2D eigenvalue weighted by Gasteiger charge is 2.31. The van der Waals surface area contributed by atoms with Gasteiger partial charge in [0.05, 0.1) is 14.7 Å². The molecule has 0 unspecified atom stereocenters. The number of piperazine rings is 1.